The van der Waals surface area contributed by atoms with Crippen LogP contribution < -0.4 is 11.1 Å². The van der Waals surface area contributed by atoms with Gasteiger partial charge in [0.1, 0.15) is 11.0 Å². The largest absolute Gasteiger partial charge is 0.296 e. The van der Waals surface area contributed by atoms with Crippen molar-refractivity contribution in [1.82, 2.24) is 40.1 Å². The monoisotopic (exact) mass is 378 g/mol. The molecule has 10 heteroatoms. The van der Waals surface area contributed by atoms with E-state index in [0.29, 0.717) is 22.2 Å². The van der Waals surface area contributed by atoms with E-state index in [1.54, 1.807) is 12.3 Å². The molecule has 0 saturated heterocycles. The van der Waals surface area contributed by atoms with Gasteiger partial charge >= 0.3 is 0 Å². The molecule has 4 heterocycles. The van der Waals surface area contributed by atoms with Crippen molar-refractivity contribution >= 4 is 22.1 Å². The molecule has 0 aromatic carbocycles. The Morgan fingerprint density at radius 2 is 1.79 bits per heavy atom. The third-order valence-corrected chi connectivity index (χ3v) is 4.52. The average molecular weight is 378 g/mol. The summed E-state index contributed by atoms with van der Waals surface area (Å²) >= 11 is 0. The molecule has 0 aliphatic heterocycles. The van der Waals surface area contributed by atoms with Gasteiger partial charge in [0.25, 0.3) is 11.1 Å². The summed E-state index contributed by atoms with van der Waals surface area (Å²) in [7, 11) is 0. The fourth-order valence-electron chi connectivity index (χ4n) is 2.88. The number of H-pyrrole nitrogens is 1. The number of fused-ring (bicyclic) bond motifs is 2. The van der Waals surface area contributed by atoms with Gasteiger partial charge in [-0.05, 0) is 18.1 Å². The van der Waals surface area contributed by atoms with Gasteiger partial charge in [-0.25, -0.2) is 19.7 Å². The Bertz CT molecular complexity index is 1290. The van der Waals surface area contributed by atoms with Gasteiger partial charge in [-0.1, -0.05) is 26.0 Å². The average Bonchev–Trinajstić information content (AvgIpc) is 2.70. The van der Waals surface area contributed by atoms with Crippen LogP contribution in [0.25, 0.3) is 22.1 Å². The maximum atomic E-state index is 12.8. The molecule has 0 aliphatic carbocycles. The van der Waals surface area contributed by atoms with Crippen molar-refractivity contribution in [3.63, 3.8) is 0 Å². The Kier molecular flexibility index (Phi) is 4.38. The zero-order valence-corrected chi connectivity index (χ0v) is 15.6. The zero-order valence-electron chi connectivity index (χ0n) is 15.6. The molecule has 0 spiro atoms. The molecule has 4 aromatic rings. The van der Waals surface area contributed by atoms with E-state index in [2.05, 4.69) is 35.5 Å². The minimum Gasteiger partial charge on any atom is -0.265 e. The van der Waals surface area contributed by atoms with Crippen LogP contribution in [0.5, 0.6) is 0 Å². The molecule has 4 aromatic heterocycles. The van der Waals surface area contributed by atoms with Crippen molar-refractivity contribution in [2.24, 2.45) is 0 Å². The number of rotatable bonds is 4. The van der Waals surface area contributed by atoms with Crippen molar-refractivity contribution < 1.29 is 0 Å². The molecule has 1 N–H and O–H groups in total. The second kappa shape index (κ2) is 6.87. The van der Waals surface area contributed by atoms with E-state index >= 15 is 0 Å². The standard InChI is InChI=1S/C18H18N8O2/c1-9(2)11-4-5-12-16(21-11)18(28)26(25-23-12)8-10(3)13-6-19-14-7-20-24-17(27)15(14)22-13/h4-7,9-10H,8H2,1-3H3,(H,24,27). The van der Waals surface area contributed by atoms with Gasteiger partial charge in [-0.3, -0.25) is 14.6 Å². The van der Waals surface area contributed by atoms with Gasteiger partial charge < -0.3 is 0 Å². The predicted octanol–water partition coefficient (Wildman–Crippen LogP) is 1.14. The molecular formula is C18H18N8O2. The van der Waals surface area contributed by atoms with Gasteiger partial charge in [0.05, 0.1) is 18.4 Å². The van der Waals surface area contributed by atoms with E-state index in [1.165, 1.54) is 10.9 Å². The number of nitrogens with zero attached hydrogens (tertiary/aromatic N) is 7. The van der Waals surface area contributed by atoms with E-state index in [0.717, 1.165) is 5.69 Å². The van der Waals surface area contributed by atoms with Crippen molar-refractivity contribution in [1.29, 1.82) is 0 Å². The van der Waals surface area contributed by atoms with Gasteiger partial charge in [-0.2, -0.15) is 5.10 Å². The lowest BCUT2D eigenvalue weighted by Gasteiger charge is -2.12. The van der Waals surface area contributed by atoms with E-state index in [-0.39, 0.29) is 29.5 Å². The lowest BCUT2D eigenvalue weighted by atomic mass is 10.1. The first-order valence-corrected chi connectivity index (χ1v) is 8.89. The van der Waals surface area contributed by atoms with Gasteiger partial charge in [0, 0.05) is 17.8 Å². The summed E-state index contributed by atoms with van der Waals surface area (Å²) in [5, 5.41) is 14.2. The Hall–Kier alpha value is -3.56. The highest BCUT2D eigenvalue weighted by Crippen LogP contribution is 2.16. The first-order chi connectivity index (χ1) is 13.4. The fraction of sp³-hybridized carbons (Fsp3) is 0.333. The zero-order chi connectivity index (χ0) is 19.8. The minimum absolute atomic E-state index is 0.199. The first kappa shape index (κ1) is 17.8. The SMILES string of the molecule is CC(C)c1ccc2nnn(CC(C)c3cnc4cn[nH]c(=O)c4n3)c(=O)c2n1. The van der Waals surface area contributed by atoms with Crippen LogP contribution in [-0.2, 0) is 6.54 Å². The van der Waals surface area contributed by atoms with Crippen molar-refractivity contribution in [2.45, 2.75) is 39.2 Å². The summed E-state index contributed by atoms with van der Waals surface area (Å²) in [6, 6.07) is 3.61. The van der Waals surface area contributed by atoms with Crippen molar-refractivity contribution in [2.75, 3.05) is 0 Å². The van der Waals surface area contributed by atoms with E-state index in [9.17, 15) is 9.59 Å². The second-order valence-corrected chi connectivity index (χ2v) is 6.96. The molecule has 0 aliphatic rings. The molecule has 0 radical (unpaired) electrons. The van der Waals surface area contributed by atoms with Crippen molar-refractivity contribution in [3.05, 3.63) is 56.6 Å². The van der Waals surface area contributed by atoms with Gasteiger partial charge in [0.15, 0.2) is 11.0 Å². The Labute approximate surface area is 158 Å². The molecular weight excluding hydrogens is 360 g/mol. The predicted molar refractivity (Wildman–Crippen MR) is 102 cm³/mol. The highest BCUT2D eigenvalue weighted by Gasteiger charge is 2.15. The van der Waals surface area contributed by atoms with E-state index in [1.807, 2.05) is 26.8 Å². The summed E-state index contributed by atoms with van der Waals surface area (Å²) in [6.07, 6.45) is 3.01. The smallest absolute Gasteiger partial charge is 0.265 e. The Morgan fingerprint density at radius 3 is 2.57 bits per heavy atom. The van der Waals surface area contributed by atoms with E-state index < -0.39 is 5.56 Å². The first-order valence-electron chi connectivity index (χ1n) is 8.89. The number of aromatic nitrogens is 8. The summed E-state index contributed by atoms with van der Waals surface area (Å²) in [5.74, 6) is -0.0213. The highest BCUT2D eigenvalue weighted by atomic mass is 16.1. The number of pyridine rings is 1. The second-order valence-electron chi connectivity index (χ2n) is 6.96. The molecule has 0 fully saturated rings. The topological polar surface area (TPSA) is 132 Å². The molecule has 0 amide bonds. The van der Waals surface area contributed by atoms with Gasteiger partial charge in [0.2, 0.25) is 0 Å². The number of hydrogen-bond acceptors (Lipinski definition) is 8. The van der Waals surface area contributed by atoms with Crippen LogP contribution in [0.2, 0.25) is 0 Å². The third kappa shape index (κ3) is 3.13. The quantitative estimate of drug-likeness (QED) is 0.559. The van der Waals surface area contributed by atoms with Crippen LogP contribution in [-0.4, -0.2) is 40.1 Å². The molecule has 0 bridgehead atoms. The molecule has 1 atom stereocenters. The lowest BCUT2D eigenvalue weighted by molar-refractivity contribution is 0.490. The molecule has 142 valence electrons. The normalized spacial score (nSPS) is 12.7. The number of nitrogens with one attached hydrogen (secondary N) is 1. The Morgan fingerprint density at radius 1 is 1.00 bits per heavy atom. The summed E-state index contributed by atoms with van der Waals surface area (Å²) in [5.41, 5.74) is 2.05. The Balaban J connectivity index is 1.71. The summed E-state index contributed by atoms with van der Waals surface area (Å²) < 4.78 is 1.27. The number of hydrogen-bond donors (Lipinski definition) is 1. The molecule has 10 nitrogen and oxygen atoms in total. The summed E-state index contributed by atoms with van der Waals surface area (Å²) in [4.78, 5) is 37.8. The van der Waals surface area contributed by atoms with Crippen LogP contribution in [0.3, 0.4) is 0 Å². The highest BCUT2D eigenvalue weighted by molar-refractivity contribution is 5.72. The summed E-state index contributed by atoms with van der Waals surface area (Å²) in [6.45, 7) is 6.14. The van der Waals surface area contributed by atoms with Gasteiger partial charge in [-0.15, -0.1) is 5.10 Å². The van der Waals surface area contributed by atoms with Crippen LogP contribution >= 0.6 is 0 Å². The van der Waals surface area contributed by atoms with Crippen LogP contribution in [0.1, 0.15) is 44.0 Å². The fourth-order valence-corrected chi connectivity index (χ4v) is 2.88. The number of aromatic amines is 1. The molecule has 0 saturated carbocycles. The lowest BCUT2D eigenvalue weighted by Crippen LogP contribution is -2.27. The molecule has 4 rings (SSSR count). The third-order valence-electron chi connectivity index (χ3n) is 4.52. The van der Waals surface area contributed by atoms with Crippen molar-refractivity contribution in [3.8, 4) is 0 Å². The molecule has 28 heavy (non-hydrogen) atoms. The van der Waals surface area contributed by atoms with Crippen LogP contribution in [0, 0.1) is 0 Å². The molecule has 1 unspecified atom stereocenters. The maximum absolute atomic E-state index is 12.8. The minimum atomic E-state index is -0.410. The maximum Gasteiger partial charge on any atom is 0.296 e. The van der Waals surface area contributed by atoms with Crippen LogP contribution in [0.4, 0.5) is 0 Å². The van der Waals surface area contributed by atoms with Crippen LogP contribution in [0.15, 0.2) is 34.1 Å². The van der Waals surface area contributed by atoms with E-state index in [4.69, 9.17) is 0 Å².